The lowest BCUT2D eigenvalue weighted by Gasteiger charge is -2.38. The molecule has 1 aliphatic carbocycles. The number of ether oxygens (including phenoxy) is 1. The van der Waals surface area contributed by atoms with Gasteiger partial charge in [-0.25, -0.2) is 4.39 Å². The van der Waals surface area contributed by atoms with Gasteiger partial charge in [0.2, 0.25) is 0 Å². The molecule has 1 aliphatic heterocycles. The first-order valence-electron chi connectivity index (χ1n) is 11.0. The van der Waals surface area contributed by atoms with E-state index < -0.39 is 0 Å². The summed E-state index contributed by atoms with van der Waals surface area (Å²) in [7, 11) is 1.75. The highest BCUT2D eigenvalue weighted by Gasteiger charge is 2.30. The molecule has 4 rings (SSSR count). The van der Waals surface area contributed by atoms with Crippen LogP contribution in [-0.2, 0) is 24.1 Å². The zero-order valence-corrected chi connectivity index (χ0v) is 17.5. The summed E-state index contributed by atoms with van der Waals surface area (Å²) in [6.07, 6.45) is 4.94. The Kier molecular flexibility index (Phi) is 6.96. The molecular formula is C25H33FN2O. The number of hydrogen-bond acceptors (Lipinski definition) is 3. The predicted molar refractivity (Wildman–Crippen MR) is 115 cm³/mol. The lowest BCUT2D eigenvalue weighted by Crippen LogP contribution is -2.46. The van der Waals surface area contributed by atoms with Crippen molar-refractivity contribution in [1.29, 1.82) is 0 Å². The highest BCUT2D eigenvalue weighted by molar-refractivity contribution is 5.33. The van der Waals surface area contributed by atoms with Crippen LogP contribution in [0.2, 0.25) is 0 Å². The van der Waals surface area contributed by atoms with E-state index in [-0.39, 0.29) is 5.82 Å². The molecule has 2 aromatic rings. The largest absolute Gasteiger partial charge is 0.383 e. The van der Waals surface area contributed by atoms with Crippen LogP contribution in [0, 0.1) is 11.7 Å². The van der Waals surface area contributed by atoms with E-state index >= 15 is 0 Å². The minimum absolute atomic E-state index is 0.154. The molecule has 0 N–H and O–H groups in total. The zero-order valence-electron chi connectivity index (χ0n) is 17.5. The Bertz CT molecular complexity index is 771. The van der Waals surface area contributed by atoms with E-state index in [0.29, 0.717) is 18.6 Å². The number of fused-ring (bicyclic) bond motifs is 1. The van der Waals surface area contributed by atoms with Gasteiger partial charge < -0.3 is 4.74 Å². The molecule has 0 bridgehead atoms. The number of methoxy groups -OCH3 is 1. The average molecular weight is 397 g/mol. The van der Waals surface area contributed by atoms with Crippen molar-refractivity contribution in [3.63, 3.8) is 0 Å². The molecule has 29 heavy (non-hydrogen) atoms. The fourth-order valence-corrected chi connectivity index (χ4v) is 5.09. The molecule has 4 heteroatoms. The first-order valence-corrected chi connectivity index (χ1v) is 11.0. The highest BCUT2D eigenvalue weighted by Crippen LogP contribution is 2.29. The Hall–Kier alpha value is -1.75. The van der Waals surface area contributed by atoms with Gasteiger partial charge in [0.05, 0.1) is 6.61 Å². The standard InChI is InChI=1S/C25H33FN2O/c1-29-13-12-27(17-20-6-4-10-24(26)14-20)18-21-7-5-11-28(19-21)25-15-22-8-2-3-9-23(22)16-25/h2-4,6,8-10,14,21,25H,5,7,11-13,15-19H2,1H3/t21-/m0/s1. The minimum atomic E-state index is -0.154. The van der Waals surface area contributed by atoms with Crippen LogP contribution in [0.15, 0.2) is 48.5 Å². The molecule has 0 unspecified atom stereocenters. The molecule has 1 saturated heterocycles. The van der Waals surface area contributed by atoms with Gasteiger partial charge in [0.15, 0.2) is 0 Å². The van der Waals surface area contributed by atoms with Crippen LogP contribution in [-0.4, -0.2) is 55.7 Å². The summed E-state index contributed by atoms with van der Waals surface area (Å²) in [6, 6.07) is 16.6. The van der Waals surface area contributed by atoms with E-state index in [1.807, 2.05) is 6.07 Å². The first-order chi connectivity index (χ1) is 14.2. The van der Waals surface area contributed by atoms with Crippen LogP contribution in [0.25, 0.3) is 0 Å². The summed E-state index contributed by atoms with van der Waals surface area (Å²) in [6.45, 7) is 5.83. The molecule has 0 saturated carbocycles. The Morgan fingerprint density at radius 3 is 2.62 bits per heavy atom. The van der Waals surface area contributed by atoms with E-state index in [4.69, 9.17) is 4.74 Å². The van der Waals surface area contributed by atoms with Crippen LogP contribution in [0.4, 0.5) is 4.39 Å². The summed E-state index contributed by atoms with van der Waals surface area (Å²) in [5.41, 5.74) is 4.11. The maximum Gasteiger partial charge on any atom is 0.123 e. The molecule has 2 aliphatic rings. The smallest absolute Gasteiger partial charge is 0.123 e. The molecule has 2 aromatic carbocycles. The summed E-state index contributed by atoms with van der Waals surface area (Å²) in [5.74, 6) is 0.511. The van der Waals surface area contributed by atoms with E-state index in [0.717, 1.165) is 25.2 Å². The molecular weight excluding hydrogens is 363 g/mol. The molecule has 3 nitrogen and oxygen atoms in total. The lowest BCUT2D eigenvalue weighted by molar-refractivity contribution is 0.0843. The first kappa shape index (κ1) is 20.5. The molecule has 1 fully saturated rings. The summed E-state index contributed by atoms with van der Waals surface area (Å²) >= 11 is 0. The van der Waals surface area contributed by atoms with Crippen molar-refractivity contribution in [2.75, 3.05) is 39.9 Å². The molecule has 156 valence electrons. The van der Waals surface area contributed by atoms with Gasteiger partial charge in [0.1, 0.15) is 5.82 Å². The van der Waals surface area contributed by atoms with Gasteiger partial charge in [-0.15, -0.1) is 0 Å². The van der Waals surface area contributed by atoms with Crippen molar-refractivity contribution in [3.05, 3.63) is 71.0 Å². The highest BCUT2D eigenvalue weighted by atomic mass is 19.1. The van der Waals surface area contributed by atoms with Crippen molar-refractivity contribution in [3.8, 4) is 0 Å². The molecule has 0 aromatic heterocycles. The topological polar surface area (TPSA) is 15.7 Å². The number of benzene rings is 2. The quantitative estimate of drug-likeness (QED) is 0.667. The van der Waals surface area contributed by atoms with Crippen LogP contribution >= 0.6 is 0 Å². The predicted octanol–water partition coefficient (Wildman–Crippen LogP) is 4.15. The Morgan fingerprint density at radius 1 is 1.10 bits per heavy atom. The second kappa shape index (κ2) is 9.84. The molecule has 0 amide bonds. The van der Waals surface area contributed by atoms with Gasteiger partial charge in [-0.05, 0) is 67.0 Å². The van der Waals surface area contributed by atoms with Crippen LogP contribution in [0.1, 0.15) is 29.5 Å². The van der Waals surface area contributed by atoms with E-state index in [9.17, 15) is 4.39 Å². The van der Waals surface area contributed by atoms with Crippen molar-refractivity contribution < 1.29 is 9.13 Å². The van der Waals surface area contributed by atoms with Gasteiger partial charge >= 0.3 is 0 Å². The number of nitrogens with zero attached hydrogens (tertiary/aromatic N) is 2. The fourth-order valence-electron chi connectivity index (χ4n) is 5.09. The second-order valence-corrected chi connectivity index (χ2v) is 8.69. The van der Waals surface area contributed by atoms with Crippen molar-refractivity contribution in [2.45, 2.75) is 38.3 Å². The molecule has 0 spiro atoms. The number of likely N-dealkylation sites (tertiary alicyclic amines) is 1. The monoisotopic (exact) mass is 396 g/mol. The van der Waals surface area contributed by atoms with Gasteiger partial charge in [0.25, 0.3) is 0 Å². The van der Waals surface area contributed by atoms with Crippen molar-refractivity contribution in [2.24, 2.45) is 5.92 Å². The molecule has 1 heterocycles. The third-order valence-corrected chi connectivity index (χ3v) is 6.52. The number of hydrogen-bond donors (Lipinski definition) is 0. The van der Waals surface area contributed by atoms with Crippen molar-refractivity contribution in [1.82, 2.24) is 9.80 Å². The third kappa shape index (κ3) is 5.44. The molecule has 1 atom stereocenters. The summed E-state index contributed by atoms with van der Waals surface area (Å²) in [4.78, 5) is 5.17. The van der Waals surface area contributed by atoms with Gasteiger partial charge in [0, 0.05) is 39.3 Å². The van der Waals surface area contributed by atoms with Gasteiger partial charge in [-0.2, -0.15) is 0 Å². The Morgan fingerprint density at radius 2 is 1.90 bits per heavy atom. The maximum absolute atomic E-state index is 13.6. The second-order valence-electron chi connectivity index (χ2n) is 8.69. The molecule has 0 radical (unpaired) electrons. The average Bonchev–Trinajstić information content (AvgIpc) is 3.17. The fraction of sp³-hybridized carbons (Fsp3) is 0.520. The van der Waals surface area contributed by atoms with Crippen LogP contribution < -0.4 is 0 Å². The van der Waals surface area contributed by atoms with E-state index in [2.05, 4.69) is 34.1 Å². The number of piperidine rings is 1. The Balaban J connectivity index is 1.36. The summed E-state index contributed by atoms with van der Waals surface area (Å²) < 4.78 is 18.9. The van der Waals surface area contributed by atoms with Crippen molar-refractivity contribution >= 4 is 0 Å². The van der Waals surface area contributed by atoms with Crippen LogP contribution in [0.5, 0.6) is 0 Å². The van der Waals surface area contributed by atoms with Crippen LogP contribution in [0.3, 0.4) is 0 Å². The normalized spacial score (nSPS) is 20.3. The van der Waals surface area contributed by atoms with E-state index in [1.165, 1.54) is 56.0 Å². The lowest BCUT2D eigenvalue weighted by atomic mass is 9.95. The van der Waals surface area contributed by atoms with E-state index in [1.54, 1.807) is 19.2 Å². The SMILES string of the molecule is COCCN(Cc1cccc(F)c1)C[C@@H]1CCCN(C2Cc3ccccc3C2)C1. The minimum Gasteiger partial charge on any atom is -0.383 e. The maximum atomic E-state index is 13.6. The third-order valence-electron chi connectivity index (χ3n) is 6.52. The Labute approximate surface area is 174 Å². The number of rotatable bonds is 8. The van der Waals surface area contributed by atoms with Gasteiger partial charge in [-0.3, -0.25) is 9.80 Å². The number of halogens is 1. The zero-order chi connectivity index (χ0) is 20.1. The summed E-state index contributed by atoms with van der Waals surface area (Å²) in [5, 5.41) is 0. The van der Waals surface area contributed by atoms with Gasteiger partial charge in [-0.1, -0.05) is 36.4 Å².